The van der Waals surface area contributed by atoms with Crippen LogP contribution in [0.5, 0.6) is 5.88 Å². The Morgan fingerprint density at radius 3 is 2.67 bits per heavy atom. The van der Waals surface area contributed by atoms with Gasteiger partial charge in [0.1, 0.15) is 0 Å². The first kappa shape index (κ1) is 17.4. The molecule has 2 aliphatic rings. The van der Waals surface area contributed by atoms with E-state index in [2.05, 4.69) is 15.3 Å². The number of ether oxygens (including phenoxy) is 2. The topological polar surface area (TPSA) is 93.7 Å². The summed E-state index contributed by atoms with van der Waals surface area (Å²) in [6.07, 6.45) is 1.10. The van der Waals surface area contributed by atoms with Crippen molar-refractivity contribution in [2.24, 2.45) is 0 Å². The highest BCUT2D eigenvalue weighted by Crippen LogP contribution is 2.22. The molecule has 0 spiro atoms. The summed E-state index contributed by atoms with van der Waals surface area (Å²) < 4.78 is 35.8. The van der Waals surface area contributed by atoms with Crippen LogP contribution in [0.2, 0.25) is 0 Å². The molecule has 3 heterocycles. The lowest BCUT2D eigenvalue weighted by molar-refractivity contribution is 0.0983. The molecule has 0 aromatic carbocycles. The van der Waals surface area contributed by atoms with Gasteiger partial charge in [0.2, 0.25) is 11.8 Å². The Hall–Kier alpha value is -1.45. The van der Waals surface area contributed by atoms with Crippen molar-refractivity contribution in [1.29, 1.82) is 0 Å². The number of nitrogens with one attached hydrogen (secondary N) is 1. The van der Waals surface area contributed by atoms with Gasteiger partial charge in [-0.1, -0.05) is 0 Å². The van der Waals surface area contributed by atoms with Gasteiger partial charge in [0.25, 0.3) is 0 Å². The molecule has 134 valence electrons. The highest BCUT2D eigenvalue weighted by molar-refractivity contribution is 7.91. The van der Waals surface area contributed by atoms with Crippen molar-refractivity contribution in [3.8, 4) is 5.88 Å². The lowest BCUT2D eigenvalue weighted by atomic mass is 10.2. The maximum absolute atomic E-state index is 12.7. The summed E-state index contributed by atoms with van der Waals surface area (Å²) in [7, 11) is -1.74. The predicted octanol–water partition coefficient (Wildman–Crippen LogP) is -0.0114. The summed E-state index contributed by atoms with van der Waals surface area (Å²) in [6, 6.07) is 1.61. The Bertz CT molecular complexity index is 655. The van der Waals surface area contributed by atoms with Crippen molar-refractivity contribution in [2.75, 3.05) is 51.4 Å². The average Bonchev–Trinajstić information content (AvgIpc) is 2.62. The first-order chi connectivity index (χ1) is 11.6. The van der Waals surface area contributed by atoms with Gasteiger partial charge in [0.05, 0.1) is 23.8 Å². The van der Waals surface area contributed by atoms with Crippen LogP contribution in [0.25, 0.3) is 0 Å². The average molecular weight is 356 g/mol. The summed E-state index contributed by atoms with van der Waals surface area (Å²) in [5.74, 6) is 0.846. The number of hydrogen-bond acceptors (Lipinski definition) is 8. The molecule has 1 N–H and O–H groups in total. The summed E-state index contributed by atoms with van der Waals surface area (Å²) in [5.41, 5.74) is 0.488. The fraction of sp³-hybridized carbons (Fsp3) is 0.733. The molecule has 0 amide bonds. The number of nitrogens with zero attached hydrogens (tertiary/aromatic N) is 3. The number of methoxy groups -OCH3 is 1. The molecule has 0 atom stereocenters. The number of sulfone groups is 1. The van der Waals surface area contributed by atoms with E-state index in [0.717, 1.165) is 26.2 Å². The van der Waals surface area contributed by atoms with Gasteiger partial charge in [-0.3, -0.25) is 0 Å². The van der Waals surface area contributed by atoms with E-state index in [4.69, 9.17) is 9.47 Å². The Morgan fingerprint density at radius 1 is 1.29 bits per heavy atom. The van der Waals surface area contributed by atoms with Gasteiger partial charge in [-0.05, 0) is 12.8 Å². The first-order valence-electron chi connectivity index (χ1n) is 8.25. The lowest BCUT2D eigenvalue weighted by Gasteiger charge is -2.28. The van der Waals surface area contributed by atoms with Crippen LogP contribution >= 0.6 is 0 Å². The molecule has 2 saturated heterocycles. The van der Waals surface area contributed by atoms with Gasteiger partial charge in [0, 0.05) is 45.5 Å². The van der Waals surface area contributed by atoms with Crippen molar-refractivity contribution in [1.82, 2.24) is 15.3 Å². The van der Waals surface area contributed by atoms with Crippen LogP contribution in [0.3, 0.4) is 0 Å². The first-order valence-corrected chi connectivity index (χ1v) is 9.97. The van der Waals surface area contributed by atoms with E-state index >= 15 is 0 Å². The Morgan fingerprint density at radius 2 is 2.00 bits per heavy atom. The van der Waals surface area contributed by atoms with Crippen LogP contribution in [-0.4, -0.2) is 70.1 Å². The van der Waals surface area contributed by atoms with Gasteiger partial charge >= 0.3 is 0 Å². The van der Waals surface area contributed by atoms with Crippen LogP contribution in [-0.2, 0) is 20.3 Å². The van der Waals surface area contributed by atoms with E-state index in [-0.39, 0.29) is 11.0 Å². The smallest absolute Gasteiger partial charge is 0.228 e. The molecular weight excluding hydrogens is 332 g/mol. The van der Waals surface area contributed by atoms with Crippen LogP contribution in [0, 0.1) is 0 Å². The molecule has 0 aliphatic carbocycles. The Balaban J connectivity index is 1.81. The minimum atomic E-state index is -3.27. The van der Waals surface area contributed by atoms with Crippen molar-refractivity contribution in [3.05, 3.63) is 11.8 Å². The zero-order valence-electron chi connectivity index (χ0n) is 13.9. The maximum atomic E-state index is 12.7. The van der Waals surface area contributed by atoms with E-state index in [1.54, 1.807) is 6.07 Å². The summed E-state index contributed by atoms with van der Waals surface area (Å²) in [6.45, 7) is 4.30. The highest BCUT2D eigenvalue weighted by atomic mass is 32.2. The summed E-state index contributed by atoms with van der Waals surface area (Å²) in [5, 5.41) is 2.92. The number of aromatic nitrogens is 2. The molecule has 3 rings (SSSR count). The monoisotopic (exact) mass is 356 g/mol. The third-order valence-corrected chi connectivity index (χ3v) is 6.56. The lowest BCUT2D eigenvalue weighted by Crippen LogP contribution is -2.44. The second-order valence-corrected chi connectivity index (χ2v) is 8.34. The molecule has 24 heavy (non-hydrogen) atoms. The third kappa shape index (κ3) is 4.14. The second kappa shape index (κ2) is 7.62. The third-order valence-electron chi connectivity index (χ3n) is 4.38. The molecule has 8 nitrogen and oxygen atoms in total. The fourth-order valence-corrected chi connectivity index (χ4v) is 4.71. The maximum Gasteiger partial charge on any atom is 0.228 e. The fourth-order valence-electron chi connectivity index (χ4n) is 3.00. The van der Waals surface area contributed by atoms with Gasteiger partial charge in [-0.25, -0.2) is 13.4 Å². The van der Waals surface area contributed by atoms with Crippen LogP contribution < -0.4 is 15.0 Å². The highest BCUT2D eigenvalue weighted by Gasteiger charge is 2.29. The molecule has 0 radical (unpaired) electrons. The quantitative estimate of drug-likeness (QED) is 0.787. The molecule has 0 unspecified atom stereocenters. The van der Waals surface area contributed by atoms with E-state index in [9.17, 15) is 8.42 Å². The molecule has 2 fully saturated rings. The van der Waals surface area contributed by atoms with E-state index in [0.29, 0.717) is 43.6 Å². The predicted molar refractivity (Wildman–Crippen MR) is 90.1 cm³/mol. The van der Waals surface area contributed by atoms with Gasteiger partial charge < -0.3 is 19.7 Å². The second-order valence-electron chi connectivity index (χ2n) is 6.06. The zero-order valence-corrected chi connectivity index (χ0v) is 14.7. The van der Waals surface area contributed by atoms with Crippen molar-refractivity contribution >= 4 is 15.8 Å². The summed E-state index contributed by atoms with van der Waals surface area (Å²) in [4.78, 5) is 10.9. The summed E-state index contributed by atoms with van der Waals surface area (Å²) >= 11 is 0. The Kier molecular flexibility index (Phi) is 5.52. The normalized spacial score (nSPS) is 20.1. The molecule has 9 heteroatoms. The van der Waals surface area contributed by atoms with Crippen molar-refractivity contribution < 1.29 is 17.9 Å². The SMILES string of the molecule is COc1cc(CS(=O)(=O)C2CCOCC2)nc(N2CCNCC2)n1. The van der Waals surface area contributed by atoms with Crippen LogP contribution in [0.15, 0.2) is 6.07 Å². The van der Waals surface area contributed by atoms with E-state index in [1.807, 2.05) is 4.90 Å². The standard InChI is InChI=1S/C15H24N4O4S/c1-22-14-10-12(11-24(20,21)13-2-8-23-9-3-13)17-15(18-14)19-6-4-16-5-7-19/h10,13,16H,2-9,11H2,1H3. The van der Waals surface area contributed by atoms with Crippen LogP contribution in [0.1, 0.15) is 18.5 Å². The molecule has 2 aliphatic heterocycles. The molecule has 1 aromatic heterocycles. The molecular formula is C15H24N4O4S. The van der Waals surface area contributed by atoms with Gasteiger partial charge in [-0.2, -0.15) is 4.98 Å². The number of anilines is 1. The van der Waals surface area contributed by atoms with Gasteiger partial charge in [-0.15, -0.1) is 0 Å². The molecule has 1 aromatic rings. The van der Waals surface area contributed by atoms with E-state index in [1.165, 1.54) is 7.11 Å². The van der Waals surface area contributed by atoms with Crippen molar-refractivity contribution in [2.45, 2.75) is 23.8 Å². The number of rotatable bonds is 5. The minimum Gasteiger partial charge on any atom is -0.481 e. The number of piperazine rings is 1. The minimum absolute atomic E-state index is 0.0877. The largest absolute Gasteiger partial charge is 0.481 e. The Labute approximate surface area is 142 Å². The molecule has 0 bridgehead atoms. The number of hydrogen-bond donors (Lipinski definition) is 1. The van der Waals surface area contributed by atoms with E-state index < -0.39 is 9.84 Å². The molecule has 0 saturated carbocycles. The van der Waals surface area contributed by atoms with Gasteiger partial charge in [0.15, 0.2) is 9.84 Å². The van der Waals surface area contributed by atoms with Crippen LogP contribution in [0.4, 0.5) is 5.95 Å². The zero-order chi connectivity index (χ0) is 17.0. The van der Waals surface area contributed by atoms with Crippen molar-refractivity contribution in [3.63, 3.8) is 0 Å².